The number of carbonyl (C=O) groups excluding carboxylic acids is 1. The zero-order chi connectivity index (χ0) is 11.9. The topological polar surface area (TPSA) is 29.1 Å². The molecule has 0 aromatic heterocycles. The second-order valence-electron chi connectivity index (χ2n) is 3.76. The molecule has 0 atom stereocenters. The van der Waals surface area contributed by atoms with Crippen LogP contribution < -0.4 is 10.8 Å². The van der Waals surface area contributed by atoms with E-state index >= 15 is 0 Å². The van der Waals surface area contributed by atoms with Crippen molar-refractivity contribution in [2.75, 3.05) is 0 Å². The fourth-order valence-corrected chi connectivity index (χ4v) is 1.54. The number of rotatable bonds is 4. The molecule has 0 unspecified atom stereocenters. The molecule has 0 spiro atoms. The first-order valence-electron chi connectivity index (χ1n) is 5.56. The van der Waals surface area contributed by atoms with Crippen molar-refractivity contribution in [1.82, 2.24) is 5.32 Å². The van der Waals surface area contributed by atoms with Crippen molar-refractivity contribution in [3.63, 3.8) is 0 Å². The lowest BCUT2D eigenvalue weighted by molar-refractivity contribution is 0.259. The molecule has 0 saturated heterocycles. The number of hydrogen-bond acceptors (Lipinski definition) is 1. The Morgan fingerprint density at radius 1 is 0.941 bits per heavy atom. The SMILES string of the molecule is O=C([B]c1ccccc1)NCc1ccccc1. The van der Waals surface area contributed by atoms with Crippen LogP contribution in [0.15, 0.2) is 60.7 Å². The summed E-state index contributed by atoms with van der Waals surface area (Å²) >= 11 is 0. The Balaban J connectivity index is 1.83. The molecule has 0 aliphatic carbocycles. The molecule has 1 amide bonds. The van der Waals surface area contributed by atoms with Crippen molar-refractivity contribution in [2.45, 2.75) is 6.54 Å². The molecule has 0 heterocycles. The van der Waals surface area contributed by atoms with Crippen molar-refractivity contribution in [2.24, 2.45) is 0 Å². The van der Waals surface area contributed by atoms with Crippen molar-refractivity contribution >= 4 is 18.5 Å². The van der Waals surface area contributed by atoms with Gasteiger partial charge in [0.25, 0.3) is 7.28 Å². The van der Waals surface area contributed by atoms with E-state index in [9.17, 15) is 4.79 Å². The van der Waals surface area contributed by atoms with E-state index in [4.69, 9.17) is 0 Å². The highest BCUT2D eigenvalue weighted by Crippen LogP contribution is 1.96. The third-order valence-electron chi connectivity index (χ3n) is 2.41. The van der Waals surface area contributed by atoms with Gasteiger partial charge in [-0.25, -0.2) is 0 Å². The van der Waals surface area contributed by atoms with E-state index in [0.29, 0.717) is 6.54 Å². The largest absolute Gasteiger partial charge is 0.361 e. The predicted octanol–water partition coefficient (Wildman–Crippen LogP) is 1.93. The van der Waals surface area contributed by atoms with Gasteiger partial charge in [0.1, 0.15) is 0 Å². The van der Waals surface area contributed by atoms with Crippen molar-refractivity contribution in [3.8, 4) is 0 Å². The van der Waals surface area contributed by atoms with E-state index in [1.54, 1.807) is 7.28 Å². The first kappa shape index (κ1) is 11.5. The summed E-state index contributed by atoms with van der Waals surface area (Å²) in [4.78, 5) is 11.6. The van der Waals surface area contributed by atoms with Gasteiger partial charge in [0.05, 0.1) is 0 Å². The lowest BCUT2D eigenvalue weighted by atomic mass is 9.69. The molecule has 2 aromatic rings. The van der Waals surface area contributed by atoms with Crippen LogP contribution in [0.3, 0.4) is 0 Å². The Bertz CT molecular complexity index is 470. The van der Waals surface area contributed by atoms with Gasteiger partial charge in [-0.2, -0.15) is 0 Å². The summed E-state index contributed by atoms with van der Waals surface area (Å²) in [7, 11) is 1.60. The van der Waals surface area contributed by atoms with Gasteiger partial charge in [-0.3, -0.25) is 4.79 Å². The number of amides is 1. The lowest BCUT2D eigenvalue weighted by Crippen LogP contribution is -2.33. The van der Waals surface area contributed by atoms with Gasteiger partial charge < -0.3 is 5.32 Å². The summed E-state index contributed by atoms with van der Waals surface area (Å²) in [5, 5.41) is 2.85. The quantitative estimate of drug-likeness (QED) is 0.786. The Labute approximate surface area is 102 Å². The maximum Gasteiger partial charge on any atom is 0.271 e. The second kappa shape index (κ2) is 5.90. The minimum Gasteiger partial charge on any atom is -0.361 e. The number of carbonyl (C=O) groups is 1. The maximum atomic E-state index is 11.6. The van der Waals surface area contributed by atoms with Gasteiger partial charge >= 0.3 is 0 Å². The third-order valence-corrected chi connectivity index (χ3v) is 2.41. The van der Waals surface area contributed by atoms with Gasteiger partial charge in [-0.1, -0.05) is 66.1 Å². The van der Waals surface area contributed by atoms with E-state index in [1.165, 1.54) is 0 Å². The summed E-state index contributed by atoms with van der Waals surface area (Å²) < 4.78 is 0. The molecular weight excluding hydrogens is 209 g/mol. The first-order valence-corrected chi connectivity index (χ1v) is 5.56. The zero-order valence-electron chi connectivity index (χ0n) is 9.47. The van der Waals surface area contributed by atoms with Crippen molar-refractivity contribution < 1.29 is 4.79 Å². The molecule has 83 valence electrons. The first-order chi connectivity index (χ1) is 8.34. The molecule has 0 aliphatic rings. The van der Waals surface area contributed by atoms with Crippen LogP contribution in [-0.4, -0.2) is 13.1 Å². The average Bonchev–Trinajstić information content (AvgIpc) is 2.39. The van der Waals surface area contributed by atoms with Crippen LogP contribution in [0.4, 0.5) is 4.79 Å². The Kier molecular flexibility index (Phi) is 3.97. The van der Waals surface area contributed by atoms with Gasteiger partial charge in [0.15, 0.2) is 5.81 Å². The van der Waals surface area contributed by atoms with Crippen LogP contribution in [0.1, 0.15) is 5.56 Å². The number of hydrogen-bond donors (Lipinski definition) is 1. The fourth-order valence-electron chi connectivity index (χ4n) is 1.54. The summed E-state index contributed by atoms with van der Waals surface area (Å²) in [6.45, 7) is 0.559. The van der Waals surface area contributed by atoms with E-state index in [2.05, 4.69) is 5.32 Å². The van der Waals surface area contributed by atoms with E-state index in [-0.39, 0.29) is 5.81 Å². The van der Waals surface area contributed by atoms with Gasteiger partial charge in [0, 0.05) is 6.54 Å². The zero-order valence-corrected chi connectivity index (χ0v) is 9.47. The second-order valence-corrected chi connectivity index (χ2v) is 3.76. The highest BCUT2D eigenvalue weighted by Gasteiger charge is 2.04. The Morgan fingerprint density at radius 3 is 2.18 bits per heavy atom. The summed E-state index contributed by atoms with van der Waals surface area (Å²) in [6, 6.07) is 19.4. The molecule has 2 aromatic carbocycles. The predicted molar refractivity (Wildman–Crippen MR) is 70.5 cm³/mol. The van der Waals surface area contributed by atoms with E-state index < -0.39 is 0 Å². The maximum absolute atomic E-state index is 11.6. The highest BCUT2D eigenvalue weighted by atomic mass is 16.1. The standard InChI is InChI=1S/C14H13BNO/c17-14(15-13-9-5-2-6-10-13)16-11-12-7-3-1-4-8-12/h1-10H,11H2,(H,16,17). The molecule has 3 heteroatoms. The molecule has 1 N–H and O–H groups in total. The van der Waals surface area contributed by atoms with Crippen LogP contribution in [0.5, 0.6) is 0 Å². The third kappa shape index (κ3) is 3.80. The van der Waals surface area contributed by atoms with Crippen LogP contribution in [0, 0.1) is 0 Å². The molecule has 17 heavy (non-hydrogen) atoms. The Morgan fingerprint density at radius 2 is 1.53 bits per heavy atom. The van der Waals surface area contributed by atoms with Crippen molar-refractivity contribution in [3.05, 3.63) is 66.2 Å². The monoisotopic (exact) mass is 222 g/mol. The van der Waals surface area contributed by atoms with Crippen LogP contribution in [0.2, 0.25) is 0 Å². The molecule has 0 bridgehead atoms. The molecule has 0 fully saturated rings. The normalized spacial score (nSPS) is 9.65. The molecule has 2 nitrogen and oxygen atoms in total. The summed E-state index contributed by atoms with van der Waals surface area (Å²) in [6.07, 6.45) is 0. The van der Waals surface area contributed by atoms with Gasteiger partial charge in [-0.15, -0.1) is 0 Å². The minimum absolute atomic E-state index is 0.0694. The van der Waals surface area contributed by atoms with Crippen LogP contribution in [0.25, 0.3) is 0 Å². The van der Waals surface area contributed by atoms with Crippen molar-refractivity contribution in [1.29, 1.82) is 0 Å². The molecule has 2 rings (SSSR count). The molecular formula is C14H13BNO. The lowest BCUT2D eigenvalue weighted by Gasteiger charge is -2.04. The van der Waals surface area contributed by atoms with E-state index in [1.807, 2.05) is 60.7 Å². The summed E-state index contributed by atoms with van der Waals surface area (Å²) in [5.74, 6) is -0.0694. The fraction of sp³-hybridized carbons (Fsp3) is 0.0714. The molecule has 0 saturated carbocycles. The molecule has 0 aliphatic heterocycles. The number of benzene rings is 2. The van der Waals surface area contributed by atoms with Crippen LogP contribution in [-0.2, 0) is 6.54 Å². The average molecular weight is 222 g/mol. The minimum atomic E-state index is -0.0694. The highest BCUT2D eigenvalue weighted by molar-refractivity contribution is 6.83. The summed E-state index contributed by atoms with van der Waals surface area (Å²) in [5.41, 5.74) is 2.01. The Hall–Kier alpha value is -2.03. The van der Waals surface area contributed by atoms with E-state index in [0.717, 1.165) is 11.0 Å². The van der Waals surface area contributed by atoms with Gasteiger partial charge in [-0.05, 0) is 5.56 Å². The van der Waals surface area contributed by atoms with Crippen LogP contribution >= 0.6 is 0 Å². The smallest absolute Gasteiger partial charge is 0.271 e. The molecule has 1 radical (unpaired) electrons. The van der Waals surface area contributed by atoms with Gasteiger partial charge in [0.2, 0.25) is 0 Å². The number of nitrogens with one attached hydrogen (secondary N) is 1.